The van der Waals surface area contributed by atoms with Crippen LogP contribution in [0.1, 0.15) is 103 Å². The van der Waals surface area contributed by atoms with Gasteiger partial charge < -0.3 is 19.4 Å². The Labute approximate surface area is 281 Å². The number of amides is 2. The van der Waals surface area contributed by atoms with Crippen molar-refractivity contribution in [3.8, 4) is 23.1 Å². The molecule has 7 rings (SSSR count). The lowest BCUT2D eigenvalue weighted by atomic mass is 10.0. The average Bonchev–Trinajstić information content (AvgIpc) is 3.49. The van der Waals surface area contributed by atoms with Crippen LogP contribution in [0.4, 0.5) is 9.59 Å². The zero-order valence-electron chi connectivity index (χ0n) is 28.8. The third-order valence-electron chi connectivity index (χ3n) is 9.16. The van der Waals surface area contributed by atoms with E-state index in [9.17, 15) is 9.59 Å². The van der Waals surface area contributed by atoms with Gasteiger partial charge in [-0.2, -0.15) is 0 Å². The van der Waals surface area contributed by atoms with Gasteiger partial charge in [-0.3, -0.25) is 9.80 Å². The summed E-state index contributed by atoms with van der Waals surface area (Å²) in [4.78, 5) is 45.7. The fraction of sp³-hybridized carbons (Fsp3) is 0.474. The van der Waals surface area contributed by atoms with Crippen molar-refractivity contribution in [2.75, 3.05) is 6.54 Å². The molecule has 1 unspecified atom stereocenters. The Morgan fingerprint density at radius 2 is 1.60 bits per heavy atom. The molecule has 250 valence electrons. The second kappa shape index (κ2) is 11.7. The zero-order valence-corrected chi connectivity index (χ0v) is 28.8. The van der Waals surface area contributed by atoms with Gasteiger partial charge >= 0.3 is 12.2 Å². The van der Waals surface area contributed by atoms with E-state index in [1.165, 1.54) is 0 Å². The number of ether oxygens (including phenoxy) is 2. The highest BCUT2D eigenvalue weighted by Gasteiger charge is 2.56. The fourth-order valence-corrected chi connectivity index (χ4v) is 6.96. The number of aromatic amines is 2. The van der Waals surface area contributed by atoms with Crippen molar-refractivity contribution < 1.29 is 19.1 Å². The number of piperidine rings is 1. The first-order valence-corrected chi connectivity index (χ1v) is 16.9. The summed E-state index contributed by atoms with van der Waals surface area (Å²) in [5.41, 5.74) is 2.35. The number of aromatic nitrogens is 4. The van der Waals surface area contributed by atoms with E-state index in [2.05, 4.69) is 64.0 Å². The maximum atomic E-state index is 13.0. The number of H-pyrrole nitrogens is 2. The van der Waals surface area contributed by atoms with Gasteiger partial charge in [-0.05, 0) is 108 Å². The minimum Gasteiger partial charge on any atom is -0.444 e. The molecule has 48 heavy (non-hydrogen) atoms. The maximum absolute atomic E-state index is 13.0. The molecule has 0 spiro atoms. The Hall–Kier alpha value is -4.78. The number of nitrogens with one attached hydrogen (secondary N) is 2. The number of nitrogens with zero attached hydrogens (tertiary/aromatic N) is 4. The van der Waals surface area contributed by atoms with Crippen LogP contribution in [0.25, 0.3) is 22.0 Å². The second-order valence-electron chi connectivity index (χ2n) is 15.6. The summed E-state index contributed by atoms with van der Waals surface area (Å²) >= 11 is 0. The van der Waals surface area contributed by atoms with Crippen LogP contribution >= 0.6 is 0 Å². The van der Waals surface area contributed by atoms with Crippen LogP contribution in [0.3, 0.4) is 0 Å². The number of benzene rings is 2. The van der Waals surface area contributed by atoms with Crippen molar-refractivity contribution in [2.45, 2.75) is 97.1 Å². The van der Waals surface area contributed by atoms with E-state index >= 15 is 0 Å². The summed E-state index contributed by atoms with van der Waals surface area (Å²) in [6.07, 6.45) is 5.82. The summed E-state index contributed by atoms with van der Waals surface area (Å²) in [6.45, 7) is 14.1. The highest BCUT2D eigenvalue weighted by molar-refractivity contribution is 5.88. The van der Waals surface area contributed by atoms with E-state index in [0.29, 0.717) is 24.1 Å². The molecule has 5 atom stereocenters. The Morgan fingerprint density at radius 1 is 0.875 bits per heavy atom. The SMILES string of the molecule is C[C@@H]1C[C@@H](c2ncc(-c3ccc4cc(C#Cc5c[nH]c([C@@H]6C[C@H]7CC7N6C(=O)OC(C)(C)C)n5)ccc4c3)[nH]2)N(C(=O)OC(C)(C)C)C1. The van der Waals surface area contributed by atoms with Crippen molar-refractivity contribution >= 4 is 23.0 Å². The van der Waals surface area contributed by atoms with Crippen molar-refractivity contribution in [2.24, 2.45) is 11.8 Å². The molecule has 2 aromatic heterocycles. The lowest BCUT2D eigenvalue weighted by molar-refractivity contribution is 0.0172. The largest absolute Gasteiger partial charge is 0.444 e. The highest BCUT2D eigenvalue weighted by atomic mass is 16.6. The van der Waals surface area contributed by atoms with Crippen LogP contribution in [0, 0.1) is 23.7 Å². The monoisotopic (exact) mass is 648 g/mol. The first kappa shape index (κ1) is 31.8. The van der Waals surface area contributed by atoms with Gasteiger partial charge in [0.2, 0.25) is 0 Å². The molecule has 2 N–H and O–H groups in total. The number of carbonyl (C=O) groups is 2. The van der Waals surface area contributed by atoms with E-state index in [4.69, 9.17) is 14.5 Å². The van der Waals surface area contributed by atoms with E-state index in [1.54, 1.807) is 4.90 Å². The van der Waals surface area contributed by atoms with Crippen molar-refractivity contribution in [3.05, 3.63) is 71.7 Å². The van der Waals surface area contributed by atoms with E-state index in [1.807, 2.05) is 64.9 Å². The summed E-state index contributed by atoms with van der Waals surface area (Å²) in [5.74, 6) is 8.85. The van der Waals surface area contributed by atoms with Gasteiger partial charge in [0.25, 0.3) is 0 Å². The number of hydrogen-bond donors (Lipinski definition) is 2. The van der Waals surface area contributed by atoms with Crippen LogP contribution in [0.5, 0.6) is 0 Å². The summed E-state index contributed by atoms with van der Waals surface area (Å²) in [6, 6.07) is 12.4. The molecule has 3 aliphatic rings. The standard InChI is InChI=1S/C38H44N6O4/c1-22-14-31(43(21-22)35(45)47-37(2,3)4)33-40-20-29(42-33)26-12-11-24-15-23(8-10-25(24)16-26)9-13-28-19-39-34(41-28)32-18-27-17-30(27)44(32)36(46)48-38(5,6)7/h8,10-12,15-16,19-20,22,27,30-32H,14,17-18,21H2,1-7H3,(H,39,41)(H,40,42)/t22-,27-,30?,31+,32+/m1/s1. The van der Waals surface area contributed by atoms with Crippen molar-refractivity contribution in [3.63, 3.8) is 0 Å². The molecule has 2 saturated heterocycles. The lowest BCUT2D eigenvalue weighted by Crippen LogP contribution is -2.38. The highest BCUT2D eigenvalue weighted by Crippen LogP contribution is 2.53. The van der Waals surface area contributed by atoms with Crippen LogP contribution in [-0.4, -0.2) is 65.7 Å². The predicted octanol–water partition coefficient (Wildman–Crippen LogP) is 7.74. The van der Waals surface area contributed by atoms with E-state index in [-0.39, 0.29) is 30.3 Å². The van der Waals surface area contributed by atoms with Gasteiger partial charge in [0.1, 0.15) is 28.5 Å². The first-order valence-electron chi connectivity index (χ1n) is 16.9. The molecule has 10 heteroatoms. The van der Waals surface area contributed by atoms with Crippen molar-refractivity contribution in [1.29, 1.82) is 0 Å². The molecule has 4 heterocycles. The van der Waals surface area contributed by atoms with Gasteiger partial charge in [-0.25, -0.2) is 19.6 Å². The van der Waals surface area contributed by atoms with Gasteiger partial charge in [0.15, 0.2) is 0 Å². The Kier molecular flexibility index (Phi) is 7.77. The number of rotatable bonds is 3. The molecular formula is C38H44N6O4. The third-order valence-corrected chi connectivity index (χ3v) is 9.16. The van der Waals surface area contributed by atoms with Crippen LogP contribution < -0.4 is 0 Å². The minimum atomic E-state index is -0.552. The normalized spacial score (nSPS) is 23.5. The zero-order chi connectivity index (χ0) is 34.0. The molecule has 2 amide bonds. The summed E-state index contributed by atoms with van der Waals surface area (Å²) < 4.78 is 11.4. The second-order valence-corrected chi connectivity index (χ2v) is 15.6. The summed E-state index contributed by atoms with van der Waals surface area (Å²) in [7, 11) is 0. The number of imidazole rings is 2. The van der Waals surface area contributed by atoms with Gasteiger partial charge in [0.05, 0.1) is 24.0 Å². The Balaban J connectivity index is 1.04. The minimum absolute atomic E-state index is 0.120. The number of likely N-dealkylation sites (tertiary alicyclic amines) is 2. The fourth-order valence-electron chi connectivity index (χ4n) is 6.96. The number of hydrogen-bond acceptors (Lipinski definition) is 6. The van der Waals surface area contributed by atoms with Crippen molar-refractivity contribution in [1.82, 2.24) is 29.7 Å². The predicted molar refractivity (Wildman–Crippen MR) is 183 cm³/mol. The molecule has 1 saturated carbocycles. The van der Waals surface area contributed by atoms with Gasteiger partial charge in [0, 0.05) is 29.9 Å². The number of fused-ring (bicyclic) bond motifs is 2. The molecule has 10 nitrogen and oxygen atoms in total. The average molecular weight is 649 g/mol. The van der Waals surface area contributed by atoms with E-state index in [0.717, 1.165) is 58.5 Å². The van der Waals surface area contributed by atoms with Gasteiger partial charge in [-0.15, -0.1) is 0 Å². The molecular weight excluding hydrogens is 604 g/mol. The molecule has 3 fully saturated rings. The molecule has 0 radical (unpaired) electrons. The van der Waals surface area contributed by atoms with Crippen LogP contribution in [0.2, 0.25) is 0 Å². The van der Waals surface area contributed by atoms with E-state index < -0.39 is 11.2 Å². The topological polar surface area (TPSA) is 116 Å². The molecule has 0 bridgehead atoms. The smallest absolute Gasteiger partial charge is 0.411 e. The summed E-state index contributed by atoms with van der Waals surface area (Å²) in [5, 5.41) is 2.16. The molecule has 4 aromatic rings. The Bertz CT molecular complexity index is 1940. The van der Waals surface area contributed by atoms with Crippen LogP contribution in [0.15, 0.2) is 48.8 Å². The number of carbonyl (C=O) groups excluding carboxylic acids is 2. The maximum Gasteiger partial charge on any atom is 0.411 e. The lowest BCUT2D eigenvalue weighted by Gasteiger charge is -2.29. The molecule has 2 aromatic carbocycles. The Morgan fingerprint density at radius 3 is 2.38 bits per heavy atom. The quantitative estimate of drug-likeness (QED) is 0.220. The first-order chi connectivity index (χ1) is 22.7. The molecule has 2 aliphatic heterocycles. The van der Waals surface area contributed by atoms with Gasteiger partial charge in [-0.1, -0.05) is 31.0 Å². The van der Waals surface area contributed by atoms with Crippen LogP contribution in [-0.2, 0) is 9.47 Å². The molecule has 1 aliphatic carbocycles. The third kappa shape index (κ3) is 6.64.